The molecule has 1 rings (SSSR count). The first-order valence-electron chi connectivity index (χ1n) is 9.69. The van der Waals surface area contributed by atoms with Gasteiger partial charge in [0.25, 0.3) is 0 Å². The molecule has 1 unspecified atom stereocenters. The molecule has 1 aromatic rings. The molecule has 26 heavy (non-hydrogen) atoms. The SMILES string of the molecule is C=Cc1ccc(C(CCCCCCC(=O)O)CCCCCC(=O)O)cc1. The van der Waals surface area contributed by atoms with Crippen molar-refractivity contribution in [3.05, 3.63) is 42.0 Å². The van der Waals surface area contributed by atoms with Crippen molar-refractivity contribution in [1.82, 2.24) is 0 Å². The molecule has 1 aromatic carbocycles. The van der Waals surface area contributed by atoms with Gasteiger partial charge in [-0.25, -0.2) is 0 Å². The summed E-state index contributed by atoms with van der Waals surface area (Å²) < 4.78 is 0. The van der Waals surface area contributed by atoms with Crippen molar-refractivity contribution in [2.24, 2.45) is 0 Å². The second-order valence-electron chi connectivity index (χ2n) is 6.91. The van der Waals surface area contributed by atoms with Crippen molar-refractivity contribution < 1.29 is 19.8 Å². The van der Waals surface area contributed by atoms with E-state index in [2.05, 4.69) is 30.8 Å². The van der Waals surface area contributed by atoms with Gasteiger partial charge in [-0.15, -0.1) is 0 Å². The third-order valence-electron chi connectivity index (χ3n) is 4.78. The van der Waals surface area contributed by atoms with E-state index in [1.165, 1.54) is 5.56 Å². The predicted octanol–water partition coefficient (Wildman–Crippen LogP) is 5.87. The van der Waals surface area contributed by atoms with Crippen molar-refractivity contribution in [1.29, 1.82) is 0 Å². The number of hydrogen-bond acceptors (Lipinski definition) is 2. The van der Waals surface area contributed by atoms with Gasteiger partial charge < -0.3 is 10.2 Å². The predicted molar refractivity (Wildman–Crippen MR) is 105 cm³/mol. The van der Waals surface area contributed by atoms with E-state index < -0.39 is 11.9 Å². The lowest BCUT2D eigenvalue weighted by Crippen LogP contribution is -2.01. The van der Waals surface area contributed by atoms with Gasteiger partial charge in [0, 0.05) is 12.8 Å². The Morgan fingerprint density at radius 1 is 0.808 bits per heavy atom. The van der Waals surface area contributed by atoms with Crippen LogP contribution >= 0.6 is 0 Å². The number of hydrogen-bond donors (Lipinski definition) is 2. The highest BCUT2D eigenvalue weighted by molar-refractivity contribution is 5.66. The van der Waals surface area contributed by atoms with Crippen LogP contribution < -0.4 is 0 Å². The summed E-state index contributed by atoms with van der Waals surface area (Å²) in [6, 6.07) is 8.52. The molecule has 0 aliphatic heterocycles. The van der Waals surface area contributed by atoms with E-state index in [1.807, 2.05) is 6.08 Å². The first-order valence-corrected chi connectivity index (χ1v) is 9.69. The molecule has 0 aliphatic carbocycles. The van der Waals surface area contributed by atoms with Crippen molar-refractivity contribution in [2.75, 3.05) is 0 Å². The monoisotopic (exact) mass is 360 g/mol. The largest absolute Gasteiger partial charge is 0.481 e. The van der Waals surface area contributed by atoms with Crippen LogP contribution in [-0.4, -0.2) is 22.2 Å². The summed E-state index contributed by atoms with van der Waals surface area (Å²) in [4.78, 5) is 21.2. The van der Waals surface area contributed by atoms with Crippen LogP contribution in [0.3, 0.4) is 0 Å². The third-order valence-corrected chi connectivity index (χ3v) is 4.78. The average Bonchev–Trinajstić information content (AvgIpc) is 2.62. The van der Waals surface area contributed by atoms with Gasteiger partial charge in [0.1, 0.15) is 0 Å². The summed E-state index contributed by atoms with van der Waals surface area (Å²) in [6.07, 6.45) is 11.1. The zero-order chi connectivity index (χ0) is 19.2. The Labute approximate surface area is 156 Å². The smallest absolute Gasteiger partial charge is 0.303 e. The second-order valence-corrected chi connectivity index (χ2v) is 6.91. The lowest BCUT2D eigenvalue weighted by molar-refractivity contribution is -0.138. The van der Waals surface area contributed by atoms with E-state index in [0.717, 1.165) is 63.4 Å². The Morgan fingerprint density at radius 2 is 1.27 bits per heavy atom. The van der Waals surface area contributed by atoms with Gasteiger partial charge in [-0.1, -0.05) is 69.0 Å². The molecular formula is C22H32O4. The zero-order valence-electron chi connectivity index (χ0n) is 15.7. The standard InChI is InChI=1S/C22H32O4/c1-2-18-14-16-20(17-15-18)19(11-7-5-9-13-22(25)26)10-6-3-4-8-12-21(23)24/h2,14-17,19H,1,3-13H2,(H,23,24)(H,25,26). The minimum absolute atomic E-state index is 0.252. The van der Waals surface area contributed by atoms with E-state index in [-0.39, 0.29) is 12.8 Å². The Morgan fingerprint density at radius 3 is 1.73 bits per heavy atom. The molecule has 4 heteroatoms. The van der Waals surface area contributed by atoms with Crippen LogP contribution in [-0.2, 0) is 9.59 Å². The lowest BCUT2D eigenvalue weighted by atomic mass is 9.87. The molecule has 0 bridgehead atoms. The summed E-state index contributed by atoms with van der Waals surface area (Å²) in [6.45, 7) is 3.79. The van der Waals surface area contributed by atoms with E-state index in [9.17, 15) is 9.59 Å². The molecule has 0 spiro atoms. The van der Waals surface area contributed by atoms with Crippen LogP contribution in [0.5, 0.6) is 0 Å². The molecule has 0 aromatic heterocycles. The molecular weight excluding hydrogens is 328 g/mol. The number of carbonyl (C=O) groups is 2. The maximum Gasteiger partial charge on any atom is 0.303 e. The highest BCUT2D eigenvalue weighted by atomic mass is 16.4. The fourth-order valence-electron chi connectivity index (χ4n) is 3.25. The molecule has 0 heterocycles. The summed E-state index contributed by atoms with van der Waals surface area (Å²) in [7, 11) is 0. The van der Waals surface area contributed by atoms with Crippen LogP contribution in [0.2, 0.25) is 0 Å². The van der Waals surface area contributed by atoms with Crippen LogP contribution in [0.15, 0.2) is 30.8 Å². The van der Waals surface area contributed by atoms with Gasteiger partial charge in [-0.3, -0.25) is 9.59 Å². The van der Waals surface area contributed by atoms with E-state index in [1.54, 1.807) is 0 Å². The molecule has 0 amide bonds. The Balaban J connectivity index is 2.45. The molecule has 0 fully saturated rings. The molecule has 0 aliphatic rings. The number of unbranched alkanes of at least 4 members (excludes halogenated alkanes) is 5. The molecule has 2 N–H and O–H groups in total. The average molecular weight is 360 g/mol. The van der Waals surface area contributed by atoms with Gasteiger partial charge in [0.05, 0.1) is 0 Å². The van der Waals surface area contributed by atoms with Gasteiger partial charge in [0.2, 0.25) is 0 Å². The summed E-state index contributed by atoms with van der Waals surface area (Å²) in [5.41, 5.74) is 2.45. The van der Waals surface area contributed by atoms with Crippen molar-refractivity contribution in [2.45, 2.75) is 76.5 Å². The summed E-state index contributed by atoms with van der Waals surface area (Å²) >= 11 is 0. The van der Waals surface area contributed by atoms with Crippen LogP contribution in [0.1, 0.15) is 87.7 Å². The van der Waals surface area contributed by atoms with Crippen molar-refractivity contribution in [3.63, 3.8) is 0 Å². The molecule has 144 valence electrons. The van der Waals surface area contributed by atoms with Crippen molar-refractivity contribution >= 4 is 18.0 Å². The first-order chi connectivity index (χ1) is 12.5. The first kappa shape index (κ1) is 21.9. The Kier molecular flexibility index (Phi) is 11.1. The highest BCUT2D eigenvalue weighted by Gasteiger charge is 2.11. The van der Waals surface area contributed by atoms with Gasteiger partial charge in [-0.05, 0) is 42.7 Å². The maximum atomic E-state index is 10.6. The number of benzene rings is 1. The fourth-order valence-corrected chi connectivity index (χ4v) is 3.25. The minimum atomic E-state index is -0.720. The van der Waals surface area contributed by atoms with Gasteiger partial charge in [-0.2, -0.15) is 0 Å². The normalized spacial score (nSPS) is 11.8. The van der Waals surface area contributed by atoms with E-state index in [0.29, 0.717) is 5.92 Å². The molecule has 1 atom stereocenters. The second kappa shape index (κ2) is 13.2. The lowest BCUT2D eigenvalue weighted by Gasteiger charge is -2.18. The molecule has 0 saturated carbocycles. The minimum Gasteiger partial charge on any atom is -0.481 e. The maximum absolute atomic E-state index is 10.6. The fraction of sp³-hybridized carbons (Fsp3) is 0.545. The van der Waals surface area contributed by atoms with Crippen molar-refractivity contribution in [3.8, 4) is 0 Å². The van der Waals surface area contributed by atoms with Gasteiger partial charge >= 0.3 is 11.9 Å². The molecule has 0 saturated heterocycles. The van der Waals surface area contributed by atoms with E-state index >= 15 is 0 Å². The number of carboxylic acid groups (broad SMARTS) is 2. The van der Waals surface area contributed by atoms with Gasteiger partial charge in [0.15, 0.2) is 0 Å². The van der Waals surface area contributed by atoms with E-state index in [4.69, 9.17) is 10.2 Å². The topological polar surface area (TPSA) is 74.6 Å². The van der Waals surface area contributed by atoms with Crippen LogP contribution in [0.4, 0.5) is 0 Å². The quantitative estimate of drug-likeness (QED) is 0.383. The highest BCUT2D eigenvalue weighted by Crippen LogP contribution is 2.29. The summed E-state index contributed by atoms with van der Waals surface area (Å²) in [5.74, 6) is -0.951. The van der Waals surface area contributed by atoms with Crippen LogP contribution in [0, 0.1) is 0 Å². The Bertz CT molecular complexity index is 548. The molecule has 4 nitrogen and oxygen atoms in total. The van der Waals surface area contributed by atoms with Crippen LogP contribution in [0.25, 0.3) is 6.08 Å². The third kappa shape index (κ3) is 10.0. The number of rotatable bonds is 15. The Hall–Kier alpha value is -2.10. The number of carboxylic acids is 2. The zero-order valence-corrected chi connectivity index (χ0v) is 15.7. The number of aliphatic carboxylic acids is 2. The summed E-state index contributed by atoms with van der Waals surface area (Å²) in [5, 5.41) is 17.4. The molecule has 0 radical (unpaired) electrons.